The van der Waals surface area contributed by atoms with Crippen LogP contribution in [0.1, 0.15) is 109 Å². The van der Waals surface area contributed by atoms with Gasteiger partial charge in [-0.2, -0.15) is 0 Å². The van der Waals surface area contributed by atoms with Crippen LogP contribution in [0.25, 0.3) is 9.40 Å². The Morgan fingerprint density at radius 3 is 2.04 bits per heavy atom. The summed E-state index contributed by atoms with van der Waals surface area (Å²) < 4.78 is 8.82. The van der Waals surface area contributed by atoms with E-state index in [1.54, 1.807) is 4.88 Å². The normalized spacial score (nSPS) is 12.7. The Morgan fingerprint density at radius 2 is 1.38 bits per heavy atom. The molecule has 26 heavy (non-hydrogen) atoms. The lowest BCUT2D eigenvalue weighted by Crippen LogP contribution is -1.95. The standard InChI is InChI=1S/C23H38OS2/c1-4-6-8-9-10-11-12-13-14-16-24-23-18-22-21(26-23)17-20(25-22)19(3)15-7-5-2/h17-19H,4-16H2,1-3H3. The van der Waals surface area contributed by atoms with Gasteiger partial charge >= 0.3 is 0 Å². The molecule has 0 fully saturated rings. The van der Waals surface area contributed by atoms with E-state index in [1.165, 1.54) is 86.4 Å². The Morgan fingerprint density at radius 1 is 0.769 bits per heavy atom. The van der Waals surface area contributed by atoms with E-state index < -0.39 is 0 Å². The molecule has 1 atom stereocenters. The fourth-order valence-corrected chi connectivity index (χ4v) is 5.74. The largest absolute Gasteiger partial charge is 0.484 e. The molecule has 2 aromatic rings. The van der Waals surface area contributed by atoms with E-state index in [2.05, 4.69) is 32.9 Å². The highest BCUT2D eigenvalue weighted by Gasteiger charge is 2.12. The molecule has 2 rings (SSSR count). The van der Waals surface area contributed by atoms with Crippen LogP contribution in [0.2, 0.25) is 0 Å². The van der Waals surface area contributed by atoms with E-state index in [0.717, 1.165) is 11.7 Å². The average molecular weight is 395 g/mol. The predicted octanol–water partition coefficient (Wildman–Crippen LogP) is 9.17. The highest BCUT2D eigenvalue weighted by Crippen LogP contribution is 2.40. The second-order valence-electron chi connectivity index (χ2n) is 7.66. The quantitative estimate of drug-likeness (QED) is 0.273. The van der Waals surface area contributed by atoms with Gasteiger partial charge < -0.3 is 4.74 Å². The Kier molecular flexibility index (Phi) is 10.7. The number of hydrogen-bond donors (Lipinski definition) is 0. The Hall–Kier alpha value is -0.540. The van der Waals surface area contributed by atoms with Crippen LogP contribution in [0.15, 0.2) is 12.1 Å². The minimum Gasteiger partial charge on any atom is -0.484 e. The monoisotopic (exact) mass is 394 g/mol. The van der Waals surface area contributed by atoms with Crippen molar-refractivity contribution in [1.29, 1.82) is 0 Å². The summed E-state index contributed by atoms with van der Waals surface area (Å²) in [6, 6.07) is 4.66. The fraction of sp³-hybridized carbons (Fsp3) is 0.739. The van der Waals surface area contributed by atoms with Crippen LogP contribution in [0, 0.1) is 0 Å². The van der Waals surface area contributed by atoms with E-state index in [-0.39, 0.29) is 0 Å². The van der Waals surface area contributed by atoms with Gasteiger partial charge in [0.1, 0.15) is 0 Å². The highest BCUT2D eigenvalue weighted by molar-refractivity contribution is 7.28. The molecule has 2 heterocycles. The number of ether oxygens (including phenoxy) is 1. The number of fused-ring (bicyclic) bond motifs is 1. The van der Waals surface area contributed by atoms with Crippen LogP contribution in [0.3, 0.4) is 0 Å². The molecular formula is C23H38OS2. The molecule has 0 aliphatic rings. The molecule has 2 aromatic heterocycles. The molecular weight excluding hydrogens is 356 g/mol. The fourth-order valence-electron chi connectivity index (χ4n) is 3.38. The van der Waals surface area contributed by atoms with Gasteiger partial charge in [-0.05, 0) is 24.8 Å². The maximum absolute atomic E-state index is 6.00. The van der Waals surface area contributed by atoms with Crippen LogP contribution in [0.4, 0.5) is 0 Å². The molecule has 0 spiro atoms. The molecule has 148 valence electrons. The molecule has 0 aliphatic heterocycles. The summed E-state index contributed by atoms with van der Waals surface area (Å²) >= 11 is 3.79. The summed E-state index contributed by atoms with van der Waals surface area (Å²) in [6.07, 6.45) is 16.2. The maximum atomic E-state index is 6.00. The Balaban J connectivity index is 1.60. The zero-order chi connectivity index (χ0) is 18.6. The van der Waals surface area contributed by atoms with Crippen LogP contribution in [-0.4, -0.2) is 6.61 Å². The summed E-state index contributed by atoms with van der Waals surface area (Å²) in [5.74, 6) is 0.700. The van der Waals surface area contributed by atoms with E-state index in [0.29, 0.717) is 5.92 Å². The first-order valence-electron chi connectivity index (χ1n) is 10.9. The first-order chi connectivity index (χ1) is 12.7. The lowest BCUT2D eigenvalue weighted by Gasteiger charge is -2.07. The number of rotatable bonds is 15. The molecule has 0 saturated heterocycles. The van der Waals surface area contributed by atoms with E-state index >= 15 is 0 Å². The van der Waals surface area contributed by atoms with Crippen molar-refractivity contribution in [3.63, 3.8) is 0 Å². The van der Waals surface area contributed by atoms with Crippen molar-refractivity contribution in [1.82, 2.24) is 0 Å². The average Bonchev–Trinajstić information content (AvgIpc) is 3.20. The van der Waals surface area contributed by atoms with Crippen LogP contribution in [-0.2, 0) is 0 Å². The molecule has 0 amide bonds. The van der Waals surface area contributed by atoms with Gasteiger partial charge in [-0.15, -0.1) is 11.3 Å². The minimum absolute atomic E-state index is 0.700. The van der Waals surface area contributed by atoms with Gasteiger partial charge in [0.05, 0.1) is 6.61 Å². The second kappa shape index (κ2) is 12.8. The molecule has 3 heteroatoms. The zero-order valence-corrected chi connectivity index (χ0v) is 18.8. The molecule has 1 nitrogen and oxygen atoms in total. The van der Waals surface area contributed by atoms with Crippen molar-refractivity contribution in [2.75, 3.05) is 6.61 Å². The first kappa shape index (κ1) is 21.8. The van der Waals surface area contributed by atoms with Crippen molar-refractivity contribution in [2.45, 2.75) is 104 Å². The van der Waals surface area contributed by atoms with Crippen molar-refractivity contribution in [3.8, 4) is 5.06 Å². The maximum Gasteiger partial charge on any atom is 0.175 e. The molecule has 0 aliphatic carbocycles. The molecule has 0 N–H and O–H groups in total. The molecule has 0 aromatic carbocycles. The summed E-state index contributed by atoms with van der Waals surface area (Å²) in [7, 11) is 0. The molecule has 1 unspecified atom stereocenters. The summed E-state index contributed by atoms with van der Waals surface area (Å²) in [5, 5.41) is 1.11. The number of hydrogen-bond acceptors (Lipinski definition) is 3. The first-order valence-corrected chi connectivity index (χ1v) is 12.5. The SMILES string of the molecule is CCCCCCCCCCCOc1cc2sc(C(C)CCCC)cc2s1. The highest BCUT2D eigenvalue weighted by atomic mass is 32.1. The minimum atomic E-state index is 0.700. The van der Waals surface area contributed by atoms with Crippen LogP contribution in [0.5, 0.6) is 5.06 Å². The van der Waals surface area contributed by atoms with E-state index in [9.17, 15) is 0 Å². The molecule has 0 saturated carbocycles. The van der Waals surface area contributed by atoms with Gasteiger partial charge in [-0.1, -0.05) is 96.3 Å². The van der Waals surface area contributed by atoms with Crippen LogP contribution >= 0.6 is 22.7 Å². The number of thiophene rings is 2. The van der Waals surface area contributed by atoms with Gasteiger partial charge in [-0.3, -0.25) is 0 Å². The lowest BCUT2D eigenvalue weighted by atomic mass is 10.0. The van der Waals surface area contributed by atoms with Gasteiger partial charge in [-0.25, -0.2) is 0 Å². The molecule has 0 radical (unpaired) electrons. The van der Waals surface area contributed by atoms with E-state index in [1.807, 2.05) is 22.7 Å². The van der Waals surface area contributed by atoms with Gasteiger partial charge in [0.2, 0.25) is 0 Å². The topological polar surface area (TPSA) is 9.23 Å². The summed E-state index contributed by atoms with van der Waals surface area (Å²) in [5.41, 5.74) is 0. The van der Waals surface area contributed by atoms with Crippen molar-refractivity contribution in [2.24, 2.45) is 0 Å². The van der Waals surface area contributed by atoms with Crippen LogP contribution < -0.4 is 4.74 Å². The third-order valence-corrected chi connectivity index (χ3v) is 7.61. The predicted molar refractivity (Wildman–Crippen MR) is 120 cm³/mol. The van der Waals surface area contributed by atoms with Crippen molar-refractivity contribution >= 4 is 32.1 Å². The third-order valence-electron chi connectivity index (χ3n) is 5.17. The lowest BCUT2D eigenvalue weighted by molar-refractivity contribution is 0.313. The second-order valence-corrected chi connectivity index (χ2v) is 9.82. The third kappa shape index (κ3) is 7.60. The molecule has 0 bridgehead atoms. The summed E-state index contributed by atoms with van der Waals surface area (Å²) in [4.78, 5) is 1.55. The Labute approximate surface area is 169 Å². The van der Waals surface area contributed by atoms with Gasteiger partial charge in [0, 0.05) is 20.3 Å². The van der Waals surface area contributed by atoms with Gasteiger partial charge in [0.15, 0.2) is 5.06 Å². The summed E-state index contributed by atoms with van der Waals surface area (Å²) in [6.45, 7) is 7.80. The van der Waals surface area contributed by atoms with Crippen molar-refractivity contribution in [3.05, 3.63) is 17.0 Å². The smallest absolute Gasteiger partial charge is 0.175 e. The Bertz CT molecular complexity index is 567. The van der Waals surface area contributed by atoms with E-state index in [4.69, 9.17) is 4.74 Å². The van der Waals surface area contributed by atoms with Gasteiger partial charge in [0.25, 0.3) is 0 Å². The number of unbranched alkanes of at least 4 members (excludes halogenated alkanes) is 9. The van der Waals surface area contributed by atoms with Crippen molar-refractivity contribution < 1.29 is 4.74 Å². The zero-order valence-electron chi connectivity index (χ0n) is 17.1.